The second-order valence-electron chi connectivity index (χ2n) is 3.34. The molecule has 0 fully saturated rings. The zero-order valence-corrected chi connectivity index (χ0v) is 10.5. The molecule has 0 unspecified atom stereocenters. The molecule has 0 saturated carbocycles. The van der Waals surface area contributed by atoms with Gasteiger partial charge in [0.1, 0.15) is 5.75 Å². The van der Waals surface area contributed by atoms with Gasteiger partial charge in [0.05, 0.1) is 0 Å². The Bertz CT molecular complexity index is 425. The summed E-state index contributed by atoms with van der Waals surface area (Å²) in [4.78, 5) is 0. The Kier molecular flexibility index (Phi) is 2.74. The van der Waals surface area contributed by atoms with Gasteiger partial charge in [-0.1, -0.05) is 30.3 Å². The van der Waals surface area contributed by atoms with Crippen molar-refractivity contribution >= 4 is 15.4 Å². The van der Waals surface area contributed by atoms with Crippen molar-refractivity contribution in [1.29, 1.82) is 0 Å². The lowest BCUT2D eigenvalue weighted by molar-refractivity contribution is 0.413. The third kappa shape index (κ3) is 2.19. The van der Waals surface area contributed by atoms with E-state index in [2.05, 4.69) is 0 Å². The Hall–Kier alpha value is -1.74. The summed E-state index contributed by atoms with van der Waals surface area (Å²) in [7, 11) is 0.928. The van der Waals surface area contributed by atoms with E-state index in [1.807, 2.05) is 30.3 Å². The molecule has 0 aliphatic rings. The number of hydrogen-bond acceptors (Lipinski definition) is 2. The lowest BCUT2D eigenvalue weighted by Crippen LogP contribution is -2.05. The number of benzene rings is 2. The Labute approximate surface area is 91.6 Å². The molecule has 15 heavy (non-hydrogen) atoms. The van der Waals surface area contributed by atoms with Crippen molar-refractivity contribution in [1.82, 2.24) is 0 Å². The number of aromatic hydroxyl groups is 1. The quantitative estimate of drug-likeness (QED) is 0.764. The van der Waals surface area contributed by atoms with Crippen LogP contribution in [0.5, 0.6) is 17.2 Å². The predicted octanol–water partition coefficient (Wildman–Crippen LogP) is 1.18. The third-order valence-corrected chi connectivity index (χ3v) is 3.00. The summed E-state index contributed by atoms with van der Waals surface area (Å²) in [5.41, 5.74) is 0. The molecular formula is C12H12O2Si. The van der Waals surface area contributed by atoms with Crippen molar-refractivity contribution in [2.75, 3.05) is 0 Å². The van der Waals surface area contributed by atoms with E-state index in [9.17, 15) is 5.11 Å². The van der Waals surface area contributed by atoms with Crippen molar-refractivity contribution in [2.45, 2.75) is 0 Å². The first-order valence-corrected chi connectivity index (χ1v) is 5.79. The number of hydrogen-bond donors (Lipinski definition) is 1. The monoisotopic (exact) mass is 216 g/mol. The molecule has 0 atom stereocenters. The molecule has 2 aromatic carbocycles. The largest absolute Gasteiger partial charge is 0.504 e. The second kappa shape index (κ2) is 4.19. The number of ether oxygens (including phenoxy) is 1. The SMILES string of the molecule is Oc1ccccc1Oc1ccccc1[SiH3]. The molecule has 0 aliphatic carbocycles. The Balaban J connectivity index is 2.30. The van der Waals surface area contributed by atoms with Crippen molar-refractivity contribution in [3.05, 3.63) is 48.5 Å². The molecule has 0 saturated heterocycles. The van der Waals surface area contributed by atoms with E-state index < -0.39 is 0 Å². The summed E-state index contributed by atoms with van der Waals surface area (Å²) in [6.45, 7) is 0. The van der Waals surface area contributed by atoms with Gasteiger partial charge in [-0.25, -0.2) is 0 Å². The molecule has 2 rings (SSSR count). The van der Waals surface area contributed by atoms with E-state index >= 15 is 0 Å². The fourth-order valence-electron chi connectivity index (χ4n) is 1.33. The van der Waals surface area contributed by atoms with E-state index in [1.165, 1.54) is 5.19 Å². The molecule has 0 aliphatic heterocycles. The van der Waals surface area contributed by atoms with Gasteiger partial charge in [-0.15, -0.1) is 0 Å². The lowest BCUT2D eigenvalue weighted by Gasteiger charge is -2.09. The van der Waals surface area contributed by atoms with E-state index in [0.717, 1.165) is 16.0 Å². The van der Waals surface area contributed by atoms with Gasteiger partial charge >= 0.3 is 0 Å². The summed E-state index contributed by atoms with van der Waals surface area (Å²) in [6, 6.07) is 14.8. The molecule has 0 heterocycles. The number of rotatable bonds is 2. The van der Waals surface area contributed by atoms with Crippen LogP contribution in [0.25, 0.3) is 0 Å². The fraction of sp³-hybridized carbons (Fsp3) is 0. The van der Waals surface area contributed by atoms with Gasteiger partial charge in [0.15, 0.2) is 11.5 Å². The summed E-state index contributed by atoms with van der Waals surface area (Å²) >= 11 is 0. The van der Waals surface area contributed by atoms with Crippen molar-refractivity contribution in [3.63, 3.8) is 0 Å². The molecular weight excluding hydrogens is 204 g/mol. The summed E-state index contributed by atoms with van der Waals surface area (Å²) < 4.78 is 5.62. The first-order chi connectivity index (χ1) is 7.27. The summed E-state index contributed by atoms with van der Waals surface area (Å²) in [6.07, 6.45) is 0. The minimum atomic E-state index is 0.169. The fourth-order valence-corrected chi connectivity index (χ4v) is 1.79. The van der Waals surface area contributed by atoms with Crippen LogP contribution < -0.4 is 9.92 Å². The average molecular weight is 216 g/mol. The van der Waals surface area contributed by atoms with E-state index in [1.54, 1.807) is 18.2 Å². The van der Waals surface area contributed by atoms with Gasteiger partial charge < -0.3 is 9.84 Å². The lowest BCUT2D eigenvalue weighted by atomic mass is 10.3. The molecule has 2 aromatic rings. The van der Waals surface area contributed by atoms with Crippen LogP contribution in [0.2, 0.25) is 0 Å². The van der Waals surface area contributed by atoms with Gasteiger partial charge in [-0.2, -0.15) is 0 Å². The molecule has 0 bridgehead atoms. The maximum Gasteiger partial charge on any atom is 0.169 e. The average Bonchev–Trinajstić information content (AvgIpc) is 2.24. The highest BCUT2D eigenvalue weighted by Crippen LogP contribution is 2.28. The summed E-state index contributed by atoms with van der Waals surface area (Å²) in [5, 5.41) is 10.7. The summed E-state index contributed by atoms with van der Waals surface area (Å²) in [5.74, 6) is 1.49. The van der Waals surface area contributed by atoms with Crippen molar-refractivity contribution in [2.24, 2.45) is 0 Å². The zero-order valence-electron chi connectivity index (χ0n) is 8.47. The number of para-hydroxylation sites is 3. The van der Waals surface area contributed by atoms with Crippen LogP contribution in [0.4, 0.5) is 0 Å². The van der Waals surface area contributed by atoms with Gasteiger partial charge in [0, 0.05) is 10.2 Å². The Morgan fingerprint density at radius 3 is 2.13 bits per heavy atom. The van der Waals surface area contributed by atoms with Gasteiger partial charge in [-0.3, -0.25) is 0 Å². The maximum absolute atomic E-state index is 9.55. The molecule has 0 spiro atoms. The van der Waals surface area contributed by atoms with Crippen LogP contribution in [0.15, 0.2) is 48.5 Å². The Morgan fingerprint density at radius 2 is 1.47 bits per heavy atom. The first-order valence-electron chi connectivity index (χ1n) is 4.79. The maximum atomic E-state index is 9.55. The van der Waals surface area contributed by atoms with Crippen LogP contribution >= 0.6 is 0 Å². The first kappa shape index (κ1) is 9.80. The highest BCUT2D eigenvalue weighted by Gasteiger charge is 2.03. The van der Waals surface area contributed by atoms with E-state index in [0.29, 0.717) is 5.75 Å². The smallest absolute Gasteiger partial charge is 0.169 e. The molecule has 0 amide bonds. The highest BCUT2D eigenvalue weighted by molar-refractivity contribution is 6.34. The normalized spacial score (nSPS) is 10.1. The highest BCUT2D eigenvalue weighted by atomic mass is 28.1. The molecule has 76 valence electrons. The van der Waals surface area contributed by atoms with Crippen LogP contribution in [0, 0.1) is 0 Å². The Morgan fingerprint density at radius 1 is 0.867 bits per heavy atom. The number of phenolic OH excluding ortho intramolecular Hbond substituents is 1. The van der Waals surface area contributed by atoms with Crippen LogP contribution in [-0.4, -0.2) is 15.3 Å². The van der Waals surface area contributed by atoms with E-state index in [-0.39, 0.29) is 5.75 Å². The second-order valence-corrected chi connectivity index (χ2v) is 4.41. The van der Waals surface area contributed by atoms with Crippen LogP contribution in [-0.2, 0) is 0 Å². The van der Waals surface area contributed by atoms with Gasteiger partial charge in [-0.05, 0) is 23.4 Å². The number of phenols is 1. The molecule has 0 radical (unpaired) electrons. The molecule has 2 nitrogen and oxygen atoms in total. The van der Waals surface area contributed by atoms with Crippen LogP contribution in [0.1, 0.15) is 0 Å². The zero-order chi connectivity index (χ0) is 10.7. The van der Waals surface area contributed by atoms with Gasteiger partial charge in [0.2, 0.25) is 0 Å². The molecule has 1 N–H and O–H groups in total. The van der Waals surface area contributed by atoms with Crippen molar-refractivity contribution in [3.8, 4) is 17.2 Å². The minimum absolute atomic E-state index is 0.169. The predicted molar refractivity (Wildman–Crippen MR) is 64.2 cm³/mol. The molecule has 3 heteroatoms. The van der Waals surface area contributed by atoms with Crippen molar-refractivity contribution < 1.29 is 9.84 Å². The standard InChI is InChI=1S/C12H12O2Si/c13-9-5-1-2-6-10(9)14-11-7-3-4-8-12(11)15/h1-8,13H,15H3. The molecule has 0 aromatic heterocycles. The third-order valence-electron chi connectivity index (χ3n) is 2.18. The minimum Gasteiger partial charge on any atom is -0.504 e. The van der Waals surface area contributed by atoms with E-state index in [4.69, 9.17) is 4.74 Å². The topological polar surface area (TPSA) is 29.5 Å². The van der Waals surface area contributed by atoms with Gasteiger partial charge in [0.25, 0.3) is 0 Å². The van der Waals surface area contributed by atoms with Crippen LogP contribution in [0.3, 0.4) is 0 Å².